The van der Waals surface area contributed by atoms with Gasteiger partial charge in [0, 0.05) is 43.0 Å². The molecule has 1 aromatic carbocycles. The van der Waals surface area contributed by atoms with Gasteiger partial charge in [-0.25, -0.2) is 0 Å². The number of aliphatic hydroxyl groups excluding tert-OH is 3. The molecule has 0 radical (unpaired) electrons. The van der Waals surface area contributed by atoms with Crippen molar-refractivity contribution in [3.63, 3.8) is 0 Å². The Kier molecular flexibility index (Phi) is 26.2. The van der Waals surface area contributed by atoms with E-state index in [4.69, 9.17) is 26.8 Å². The van der Waals surface area contributed by atoms with Crippen molar-refractivity contribution in [3.05, 3.63) is 42.3 Å². The van der Waals surface area contributed by atoms with Gasteiger partial charge in [-0.1, -0.05) is 36.8 Å². The van der Waals surface area contributed by atoms with Gasteiger partial charge >= 0.3 is 0 Å². The number of benzene rings is 1. The van der Waals surface area contributed by atoms with Crippen LogP contribution < -0.4 is 11.5 Å². The number of hydrogen-bond donors (Lipinski definition) is 5. The first kappa shape index (κ1) is 28.0. The Morgan fingerprint density at radius 2 is 1.40 bits per heavy atom. The molecule has 0 saturated carbocycles. The summed E-state index contributed by atoms with van der Waals surface area (Å²) in [4.78, 5) is 0. The number of rotatable bonds is 3. The van der Waals surface area contributed by atoms with Gasteiger partial charge in [0.1, 0.15) is 0 Å². The van der Waals surface area contributed by atoms with E-state index in [0.717, 1.165) is 45.3 Å². The van der Waals surface area contributed by atoms with E-state index < -0.39 is 5.66 Å². The Labute approximate surface area is 137 Å². The molecule has 0 amide bonds. The molecule has 0 fully saturated rings. The van der Waals surface area contributed by atoms with Gasteiger partial charge in [-0.15, -0.1) is 0 Å². The molecular formula is C14H29N2O3Ti-. The van der Waals surface area contributed by atoms with Crippen LogP contribution in [0.2, 0.25) is 0 Å². The SMILES string of the molecule is CO.CO.CO.[CH2-]Cc1ccccc1C(N)(N)CC.[Ti]. The van der Waals surface area contributed by atoms with Gasteiger partial charge in [-0.3, -0.25) is 0 Å². The van der Waals surface area contributed by atoms with Crippen molar-refractivity contribution in [3.8, 4) is 0 Å². The van der Waals surface area contributed by atoms with Gasteiger partial charge in [-0.05, 0) is 12.0 Å². The van der Waals surface area contributed by atoms with Gasteiger partial charge < -0.3 is 33.7 Å². The summed E-state index contributed by atoms with van der Waals surface area (Å²) in [6.07, 6.45) is 1.45. The maximum absolute atomic E-state index is 7.00. The van der Waals surface area contributed by atoms with Gasteiger partial charge in [0.2, 0.25) is 0 Å². The van der Waals surface area contributed by atoms with Crippen LogP contribution in [0.1, 0.15) is 24.5 Å². The molecule has 1 rings (SSSR count). The normalized spacial score (nSPS) is 8.50. The largest absolute Gasteiger partial charge is 0.400 e. The van der Waals surface area contributed by atoms with Crippen LogP contribution in [0.3, 0.4) is 0 Å². The van der Waals surface area contributed by atoms with Gasteiger partial charge in [-0.2, -0.15) is 6.42 Å². The third-order valence-corrected chi connectivity index (χ3v) is 2.37. The summed E-state index contributed by atoms with van der Waals surface area (Å²) >= 11 is 0. The molecule has 0 heterocycles. The quantitative estimate of drug-likeness (QED) is 0.314. The summed E-state index contributed by atoms with van der Waals surface area (Å²) in [5.74, 6) is 0. The summed E-state index contributed by atoms with van der Waals surface area (Å²) in [7, 11) is 3.00. The summed E-state index contributed by atoms with van der Waals surface area (Å²) in [6.45, 7) is 5.84. The average molecular weight is 321 g/mol. The first-order valence-corrected chi connectivity index (χ1v) is 5.91. The van der Waals surface area contributed by atoms with Crippen LogP contribution in [-0.4, -0.2) is 36.6 Å². The van der Waals surface area contributed by atoms with Crippen molar-refractivity contribution in [2.45, 2.75) is 25.4 Å². The molecule has 7 N–H and O–H groups in total. The first-order valence-electron chi connectivity index (χ1n) is 5.91. The molecule has 0 spiro atoms. The molecule has 0 aliphatic heterocycles. The molecule has 0 aliphatic carbocycles. The second kappa shape index (κ2) is 18.7. The fraction of sp³-hybridized carbons (Fsp3) is 0.500. The first-order chi connectivity index (χ1) is 9.11. The molecule has 20 heavy (non-hydrogen) atoms. The van der Waals surface area contributed by atoms with Crippen molar-refractivity contribution >= 4 is 0 Å². The molecule has 0 unspecified atom stereocenters. The minimum atomic E-state index is -0.714. The van der Waals surface area contributed by atoms with E-state index in [1.165, 1.54) is 0 Å². The molecule has 0 atom stereocenters. The molecule has 0 aliphatic rings. The third-order valence-electron chi connectivity index (χ3n) is 2.37. The van der Waals surface area contributed by atoms with E-state index in [1.807, 2.05) is 31.2 Å². The Balaban J connectivity index is -0.000000162. The zero-order chi connectivity index (χ0) is 15.9. The fourth-order valence-electron chi connectivity index (χ4n) is 1.38. The van der Waals surface area contributed by atoms with Crippen LogP contribution in [0.4, 0.5) is 0 Å². The van der Waals surface area contributed by atoms with E-state index in [0.29, 0.717) is 0 Å². The van der Waals surface area contributed by atoms with Crippen LogP contribution in [0.25, 0.3) is 0 Å². The maximum atomic E-state index is 7.00. The van der Waals surface area contributed by atoms with Crippen molar-refractivity contribution < 1.29 is 37.0 Å². The summed E-state index contributed by atoms with van der Waals surface area (Å²) in [5.41, 5.74) is 13.4. The predicted molar refractivity (Wildman–Crippen MR) is 80.3 cm³/mol. The standard InChI is InChI=1S/C11H17N2.3CH4O.Ti/c1-3-9-7-5-6-8-10(9)11(12,13)4-2;3*1-2;/h5-8H,1,3-4,12-13H2,2H3;3*2H,1H3;/q-1;;;;. The molecule has 5 nitrogen and oxygen atoms in total. The van der Waals surface area contributed by atoms with Crippen molar-refractivity contribution in [2.75, 3.05) is 21.3 Å². The smallest absolute Gasteiger partial charge is 0.0898 e. The predicted octanol–water partition coefficient (Wildman–Crippen LogP) is 0.366. The van der Waals surface area contributed by atoms with E-state index in [2.05, 4.69) is 6.92 Å². The molecule has 0 aromatic heterocycles. The van der Waals surface area contributed by atoms with Crippen molar-refractivity contribution in [2.24, 2.45) is 11.5 Å². The monoisotopic (exact) mass is 321 g/mol. The fourth-order valence-corrected chi connectivity index (χ4v) is 1.38. The van der Waals surface area contributed by atoms with E-state index >= 15 is 0 Å². The van der Waals surface area contributed by atoms with Crippen molar-refractivity contribution in [1.29, 1.82) is 0 Å². The van der Waals surface area contributed by atoms with Crippen molar-refractivity contribution in [1.82, 2.24) is 0 Å². The minimum Gasteiger partial charge on any atom is -0.400 e. The second-order valence-corrected chi connectivity index (χ2v) is 3.30. The number of aliphatic hydroxyl groups is 3. The molecule has 6 heteroatoms. The van der Waals surface area contributed by atoms with Crippen LogP contribution in [0.15, 0.2) is 24.3 Å². The summed E-state index contributed by atoms with van der Waals surface area (Å²) in [6, 6.07) is 7.94. The molecule has 0 bridgehead atoms. The maximum Gasteiger partial charge on any atom is 0.0898 e. The Morgan fingerprint density at radius 1 is 1.00 bits per heavy atom. The number of hydrogen-bond acceptors (Lipinski definition) is 5. The average Bonchev–Trinajstić information content (AvgIpc) is 2.53. The van der Waals surface area contributed by atoms with E-state index in [9.17, 15) is 0 Å². The zero-order valence-corrected chi connectivity index (χ0v) is 14.5. The third kappa shape index (κ3) is 10.5. The zero-order valence-electron chi connectivity index (χ0n) is 12.9. The summed E-state index contributed by atoms with van der Waals surface area (Å²) in [5, 5.41) is 21.0. The van der Waals surface area contributed by atoms with E-state index in [1.54, 1.807) is 0 Å². The van der Waals surface area contributed by atoms with Gasteiger partial charge in [0.05, 0.1) is 5.66 Å². The Hall–Kier alpha value is -0.266. The molecule has 0 saturated heterocycles. The Morgan fingerprint density at radius 3 is 1.75 bits per heavy atom. The molecule has 1 aromatic rings. The Bertz CT molecular complexity index is 298. The topological polar surface area (TPSA) is 113 Å². The minimum absolute atomic E-state index is 0. The van der Waals surface area contributed by atoms with Gasteiger partial charge in [0.25, 0.3) is 0 Å². The summed E-state index contributed by atoms with van der Waals surface area (Å²) < 4.78 is 0. The second-order valence-electron chi connectivity index (χ2n) is 3.30. The van der Waals surface area contributed by atoms with Crippen LogP contribution >= 0.6 is 0 Å². The molecular weight excluding hydrogens is 292 g/mol. The van der Waals surface area contributed by atoms with Crippen LogP contribution in [-0.2, 0) is 33.8 Å². The van der Waals surface area contributed by atoms with Gasteiger partial charge in [0.15, 0.2) is 0 Å². The number of nitrogens with two attached hydrogens (primary N) is 2. The van der Waals surface area contributed by atoms with E-state index in [-0.39, 0.29) is 21.7 Å². The molecule has 118 valence electrons. The van der Waals surface area contributed by atoms with Crippen LogP contribution in [0.5, 0.6) is 0 Å². The van der Waals surface area contributed by atoms with Crippen LogP contribution in [0, 0.1) is 6.92 Å².